The van der Waals surface area contributed by atoms with Crippen molar-refractivity contribution in [3.8, 4) is 5.75 Å². The molecule has 5 nitrogen and oxygen atoms in total. The number of benzene rings is 1. The maximum atomic E-state index is 12.4. The van der Waals surface area contributed by atoms with Crippen molar-refractivity contribution in [2.75, 3.05) is 26.7 Å². The first-order valence-corrected chi connectivity index (χ1v) is 7.25. The smallest absolute Gasteiger partial charge is 0.410 e. The van der Waals surface area contributed by atoms with E-state index in [2.05, 4.69) is 5.32 Å². The minimum absolute atomic E-state index is 0.0382. The Morgan fingerprint density at radius 3 is 2.81 bits per heavy atom. The number of nitrogens with one attached hydrogen (secondary N) is 1. The fourth-order valence-electron chi connectivity index (χ4n) is 2.39. The van der Waals surface area contributed by atoms with Crippen molar-refractivity contribution < 1.29 is 14.3 Å². The molecule has 2 rings (SSSR count). The highest BCUT2D eigenvalue weighted by Gasteiger charge is 2.31. The van der Waals surface area contributed by atoms with Gasteiger partial charge >= 0.3 is 6.09 Å². The van der Waals surface area contributed by atoms with Crippen LogP contribution < -0.4 is 10.1 Å². The molecule has 1 N–H and O–H groups in total. The van der Waals surface area contributed by atoms with E-state index in [1.54, 1.807) is 12.0 Å². The topological polar surface area (TPSA) is 50.8 Å². The Hall–Kier alpha value is -1.75. The average Bonchev–Trinajstić information content (AvgIpc) is 2.45. The summed E-state index contributed by atoms with van der Waals surface area (Å²) in [6.45, 7) is 7.78. The molecule has 0 bridgehead atoms. The van der Waals surface area contributed by atoms with Crippen LogP contribution in [0.15, 0.2) is 24.3 Å². The van der Waals surface area contributed by atoms with Crippen molar-refractivity contribution in [3.05, 3.63) is 29.8 Å². The van der Waals surface area contributed by atoms with Crippen molar-refractivity contribution in [2.45, 2.75) is 32.4 Å². The van der Waals surface area contributed by atoms with Crippen molar-refractivity contribution in [1.29, 1.82) is 0 Å². The molecule has 1 aliphatic heterocycles. The first-order chi connectivity index (χ1) is 9.90. The molecule has 0 aliphatic carbocycles. The van der Waals surface area contributed by atoms with Crippen molar-refractivity contribution >= 4 is 6.09 Å². The fourth-order valence-corrected chi connectivity index (χ4v) is 2.39. The molecule has 0 unspecified atom stereocenters. The highest BCUT2D eigenvalue weighted by Crippen LogP contribution is 2.27. The lowest BCUT2D eigenvalue weighted by atomic mass is 10.0. The van der Waals surface area contributed by atoms with E-state index >= 15 is 0 Å². The lowest BCUT2D eigenvalue weighted by Crippen LogP contribution is -2.50. The number of carbonyl (C=O) groups is 1. The van der Waals surface area contributed by atoms with E-state index in [1.165, 1.54) is 0 Å². The van der Waals surface area contributed by atoms with E-state index < -0.39 is 5.60 Å². The zero-order chi connectivity index (χ0) is 15.5. The summed E-state index contributed by atoms with van der Waals surface area (Å²) >= 11 is 0. The molecule has 116 valence electrons. The van der Waals surface area contributed by atoms with Crippen LogP contribution in [-0.2, 0) is 4.74 Å². The van der Waals surface area contributed by atoms with E-state index in [4.69, 9.17) is 9.47 Å². The zero-order valence-corrected chi connectivity index (χ0v) is 13.2. The highest BCUT2D eigenvalue weighted by atomic mass is 16.6. The number of carbonyl (C=O) groups excluding carboxylic acids is 1. The van der Waals surface area contributed by atoms with Gasteiger partial charge in [0.2, 0.25) is 0 Å². The molecule has 0 radical (unpaired) electrons. The number of hydrogen-bond acceptors (Lipinski definition) is 4. The van der Waals surface area contributed by atoms with Gasteiger partial charge in [0, 0.05) is 19.6 Å². The second-order valence-corrected chi connectivity index (χ2v) is 6.17. The van der Waals surface area contributed by atoms with Gasteiger partial charge in [0.1, 0.15) is 11.4 Å². The summed E-state index contributed by atoms with van der Waals surface area (Å²) in [5, 5.41) is 3.33. The molecular formula is C16H24N2O3. The van der Waals surface area contributed by atoms with Crippen molar-refractivity contribution in [2.24, 2.45) is 0 Å². The molecule has 1 heterocycles. The van der Waals surface area contributed by atoms with Gasteiger partial charge < -0.3 is 14.8 Å². The summed E-state index contributed by atoms with van der Waals surface area (Å²) in [4.78, 5) is 14.2. The van der Waals surface area contributed by atoms with Gasteiger partial charge in [0.15, 0.2) is 0 Å². The molecule has 1 aliphatic rings. The number of ether oxygens (including phenoxy) is 2. The average molecular weight is 292 g/mol. The van der Waals surface area contributed by atoms with Crippen LogP contribution in [-0.4, -0.2) is 43.3 Å². The predicted octanol–water partition coefficient (Wildman–Crippen LogP) is 2.58. The Bertz CT molecular complexity index is 497. The van der Waals surface area contributed by atoms with Crippen LogP contribution in [0.1, 0.15) is 32.4 Å². The van der Waals surface area contributed by atoms with Crippen molar-refractivity contribution in [3.63, 3.8) is 0 Å². The Kier molecular flexibility index (Phi) is 4.73. The summed E-state index contributed by atoms with van der Waals surface area (Å²) in [5.41, 5.74) is 0.563. The molecule has 1 saturated heterocycles. The number of piperazine rings is 1. The molecular weight excluding hydrogens is 268 g/mol. The molecule has 0 aromatic heterocycles. The number of amides is 1. The monoisotopic (exact) mass is 292 g/mol. The van der Waals surface area contributed by atoms with Crippen LogP contribution in [0, 0.1) is 0 Å². The molecule has 1 atom stereocenters. The Labute approximate surface area is 126 Å². The van der Waals surface area contributed by atoms with Crippen LogP contribution in [0.2, 0.25) is 0 Å². The van der Waals surface area contributed by atoms with Gasteiger partial charge in [-0.15, -0.1) is 0 Å². The molecule has 1 aromatic rings. The summed E-state index contributed by atoms with van der Waals surface area (Å²) in [6.07, 6.45) is -0.267. The highest BCUT2D eigenvalue weighted by molar-refractivity contribution is 5.69. The van der Waals surface area contributed by atoms with Gasteiger partial charge in [0.25, 0.3) is 0 Å². The molecule has 1 fully saturated rings. The van der Waals surface area contributed by atoms with Crippen LogP contribution in [0.4, 0.5) is 4.79 Å². The van der Waals surface area contributed by atoms with Gasteiger partial charge in [0.05, 0.1) is 13.2 Å². The number of hydrogen-bond donors (Lipinski definition) is 1. The number of methoxy groups -OCH3 is 1. The second kappa shape index (κ2) is 6.35. The van der Waals surface area contributed by atoms with Gasteiger partial charge in [-0.05, 0) is 38.5 Å². The van der Waals surface area contributed by atoms with Crippen molar-refractivity contribution in [1.82, 2.24) is 10.2 Å². The minimum atomic E-state index is -0.485. The van der Waals surface area contributed by atoms with Gasteiger partial charge in [-0.3, -0.25) is 4.90 Å². The van der Waals surface area contributed by atoms with Crippen LogP contribution in [0.25, 0.3) is 0 Å². The van der Waals surface area contributed by atoms with E-state index in [0.29, 0.717) is 13.1 Å². The second-order valence-electron chi connectivity index (χ2n) is 6.17. The third kappa shape index (κ3) is 4.11. The number of nitrogens with zero attached hydrogens (tertiary/aromatic N) is 1. The first kappa shape index (κ1) is 15.6. The largest absolute Gasteiger partial charge is 0.497 e. The Balaban J connectivity index is 2.20. The Morgan fingerprint density at radius 2 is 2.14 bits per heavy atom. The summed E-state index contributed by atoms with van der Waals surface area (Å²) < 4.78 is 10.8. The minimum Gasteiger partial charge on any atom is -0.497 e. The summed E-state index contributed by atoms with van der Waals surface area (Å²) in [6, 6.07) is 7.78. The normalized spacial score (nSPS) is 19.2. The van der Waals surface area contributed by atoms with E-state index in [9.17, 15) is 4.79 Å². The third-order valence-electron chi connectivity index (χ3n) is 3.35. The first-order valence-electron chi connectivity index (χ1n) is 7.25. The van der Waals surface area contributed by atoms with Gasteiger partial charge in [-0.25, -0.2) is 4.79 Å². The zero-order valence-electron chi connectivity index (χ0n) is 13.2. The van der Waals surface area contributed by atoms with Crippen LogP contribution in [0.3, 0.4) is 0 Å². The lowest BCUT2D eigenvalue weighted by Gasteiger charge is -2.37. The standard InChI is InChI=1S/C16H24N2O3/c1-16(2,3)21-15(19)18-9-8-17-11-14(18)12-6-5-7-13(10-12)20-4/h5-7,10,14,17H,8-9,11H2,1-4H3/t14-/m0/s1. The van der Waals surface area contributed by atoms with Gasteiger partial charge in [-0.2, -0.15) is 0 Å². The number of rotatable bonds is 2. The third-order valence-corrected chi connectivity index (χ3v) is 3.35. The summed E-state index contributed by atoms with van der Waals surface area (Å²) in [5.74, 6) is 0.794. The molecule has 1 aromatic carbocycles. The van der Waals surface area contributed by atoms with Crippen LogP contribution in [0.5, 0.6) is 5.75 Å². The predicted molar refractivity (Wildman–Crippen MR) is 81.5 cm³/mol. The quantitative estimate of drug-likeness (QED) is 0.910. The fraction of sp³-hybridized carbons (Fsp3) is 0.562. The maximum absolute atomic E-state index is 12.4. The van der Waals surface area contributed by atoms with Crippen LogP contribution >= 0.6 is 0 Å². The molecule has 1 amide bonds. The maximum Gasteiger partial charge on any atom is 0.410 e. The molecule has 5 heteroatoms. The molecule has 21 heavy (non-hydrogen) atoms. The Morgan fingerprint density at radius 1 is 1.38 bits per heavy atom. The molecule has 0 saturated carbocycles. The van der Waals surface area contributed by atoms with Gasteiger partial charge in [-0.1, -0.05) is 12.1 Å². The van der Waals surface area contributed by atoms with E-state index in [1.807, 2.05) is 45.0 Å². The van der Waals surface area contributed by atoms with E-state index in [-0.39, 0.29) is 12.1 Å². The lowest BCUT2D eigenvalue weighted by molar-refractivity contribution is 0.0118. The SMILES string of the molecule is COc1cccc([C@@H]2CNCCN2C(=O)OC(C)(C)C)c1. The van der Waals surface area contributed by atoms with E-state index in [0.717, 1.165) is 17.9 Å². The molecule has 0 spiro atoms. The summed E-state index contributed by atoms with van der Waals surface area (Å²) in [7, 11) is 1.64.